The molecule has 0 fully saturated rings. The lowest BCUT2D eigenvalue weighted by Gasteiger charge is -2.25. The van der Waals surface area contributed by atoms with Crippen LogP contribution in [0.2, 0.25) is 0 Å². The van der Waals surface area contributed by atoms with Crippen molar-refractivity contribution in [3.63, 3.8) is 0 Å². The number of carbonyl (C=O) groups is 1. The molecule has 1 atom stereocenters. The lowest BCUT2D eigenvalue weighted by Crippen LogP contribution is -2.39. The Morgan fingerprint density at radius 2 is 2.00 bits per heavy atom. The Hall–Kier alpha value is -1.84. The summed E-state index contributed by atoms with van der Waals surface area (Å²) in [7, 11) is 0. The zero-order valence-electron chi connectivity index (χ0n) is 10.1. The molecule has 0 saturated carbocycles. The smallest absolute Gasteiger partial charge is 0.259 e. The van der Waals surface area contributed by atoms with Crippen molar-refractivity contribution in [3.05, 3.63) is 35.9 Å². The Bertz CT molecular complexity index is 453. The van der Waals surface area contributed by atoms with Crippen LogP contribution in [0.4, 0.5) is 0 Å². The third-order valence-corrected chi connectivity index (χ3v) is 2.88. The molecule has 0 radical (unpaired) electrons. The third kappa shape index (κ3) is 2.02. The van der Waals surface area contributed by atoms with Crippen molar-refractivity contribution in [2.75, 3.05) is 0 Å². The molecule has 1 unspecified atom stereocenters. The maximum absolute atomic E-state index is 12.1. The molecule has 1 heterocycles. The molecule has 2 rings (SSSR count). The zero-order chi connectivity index (χ0) is 12.5. The van der Waals surface area contributed by atoms with Gasteiger partial charge in [-0.25, -0.2) is 4.99 Å². The maximum atomic E-state index is 12.1. The Labute approximate surface area is 101 Å². The number of benzene rings is 1. The van der Waals surface area contributed by atoms with Crippen molar-refractivity contribution in [1.29, 1.82) is 0 Å². The molecule has 1 aliphatic heterocycles. The molecule has 4 heteroatoms. The molecular formula is C13H17N3O. The molecule has 3 N–H and O–H groups in total. The molecule has 90 valence electrons. The van der Waals surface area contributed by atoms with E-state index in [1.165, 1.54) is 0 Å². The molecule has 1 aromatic carbocycles. The molecule has 0 aromatic heterocycles. The number of nitrogens with zero attached hydrogens (tertiary/aromatic N) is 1. The van der Waals surface area contributed by atoms with E-state index in [0.717, 1.165) is 5.56 Å². The summed E-state index contributed by atoms with van der Waals surface area (Å²) in [6.45, 7) is 4.14. The SMILES string of the molecule is CC(C)CC1(c2ccccc2)N=C(N)NC1=O. The fourth-order valence-corrected chi connectivity index (χ4v) is 2.26. The second-order valence-corrected chi connectivity index (χ2v) is 4.78. The van der Waals surface area contributed by atoms with Crippen molar-refractivity contribution < 1.29 is 4.79 Å². The number of rotatable bonds is 3. The van der Waals surface area contributed by atoms with Crippen LogP contribution in [0.1, 0.15) is 25.8 Å². The summed E-state index contributed by atoms with van der Waals surface area (Å²) >= 11 is 0. The van der Waals surface area contributed by atoms with E-state index in [4.69, 9.17) is 5.73 Å². The standard InChI is InChI=1S/C13H17N3O/c1-9(2)8-13(10-6-4-3-5-7-10)11(17)15-12(14)16-13/h3-7,9H,8H2,1-2H3,(H3,14,15,16,17). The minimum Gasteiger partial charge on any atom is -0.370 e. The first-order valence-electron chi connectivity index (χ1n) is 5.77. The number of amides is 1. The van der Waals surface area contributed by atoms with Gasteiger partial charge in [-0.3, -0.25) is 10.1 Å². The van der Waals surface area contributed by atoms with Gasteiger partial charge < -0.3 is 5.73 Å². The van der Waals surface area contributed by atoms with Crippen LogP contribution in [0.5, 0.6) is 0 Å². The summed E-state index contributed by atoms with van der Waals surface area (Å²) < 4.78 is 0. The molecule has 0 saturated heterocycles. The lowest BCUT2D eigenvalue weighted by molar-refractivity contribution is -0.124. The highest BCUT2D eigenvalue weighted by Crippen LogP contribution is 2.35. The molecule has 4 nitrogen and oxygen atoms in total. The van der Waals surface area contributed by atoms with E-state index in [9.17, 15) is 4.79 Å². The van der Waals surface area contributed by atoms with Gasteiger partial charge >= 0.3 is 0 Å². The highest BCUT2D eigenvalue weighted by molar-refractivity contribution is 6.07. The van der Waals surface area contributed by atoms with Gasteiger partial charge in [0.1, 0.15) is 0 Å². The van der Waals surface area contributed by atoms with Crippen LogP contribution >= 0.6 is 0 Å². The van der Waals surface area contributed by atoms with Crippen LogP contribution in [-0.4, -0.2) is 11.9 Å². The first-order chi connectivity index (χ1) is 8.04. The Morgan fingerprint density at radius 1 is 1.35 bits per heavy atom. The highest BCUT2D eigenvalue weighted by Gasteiger charge is 2.44. The van der Waals surface area contributed by atoms with Crippen LogP contribution in [-0.2, 0) is 10.3 Å². The molecule has 0 spiro atoms. The van der Waals surface area contributed by atoms with Crippen LogP contribution in [0.25, 0.3) is 0 Å². The van der Waals surface area contributed by atoms with Crippen LogP contribution in [0.3, 0.4) is 0 Å². The summed E-state index contributed by atoms with van der Waals surface area (Å²) in [5, 5.41) is 2.60. The predicted octanol–water partition coefficient (Wildman–Crippen LogP) is 1.37. The lowest BCUT2D eigenvalue weighted by atomic mass is 9.83. The second-order valence-electron chi connectivity index (χ2n) is 4.78. The van der Waals surface area contributed by atoms with Gasteiger partial charge in [0.2, 0.25) is 0 Å². The Morgan fingerprint density at radius 3 is 2.47 bits per heavy atom. The molecule has 1 amide bonds. The van der Waals surface area contributed by atoms with E-state index in [-0.39, 0.29) is 11.9 Å². The molecule has 0 bridgehead atoms. The topological polar surface area (TPSA) is 67.5 Å². The van der Waals surface area contributed by atoms with E-state index in [0.29, 0.717) is 12.3 Å². The van der Waals surface area contributed by atoms with Crippen LogP contribution in [0, 0.1) is 5.92 Å². The van der Waals surface area contributed by atoms with E-state index in [1.807, 2.05) is 30.3 Å². The summed E-state index contributed by atoms with van der Waals surface area (Å²) in [5.41, 5.74) is 5.68. The number of nitrogens with two attached hydrogens (primary N) is 1. The van der Waals surface area contributed by atoms with E-state index >= 15 is 0 Å². The van der Waals surface area contributed by atoms with Crippen LogP contribution < -0.4 is 11.1 Å². The monoisotopic (exact) mass is 231 g/mol. The van der Waals surface area contributed by atoms with E-state index < -0.39 is 5.54 Å². The maximum Gasteiger partial charge on any atom is 0.259 e. The van der Waals surface area contributed by atoms with Gasteiger partial charge in [0.15, 0.2) is 11.5 Å². The molecule has 0 aliphatic carbocycles. The first-order valence-corrected chi connectivity index (χ1v) is 5.77. The van der Waals surface area contributed by atoms with Gasteiger partial charge in [-0.2, -0.15) is 0 Å². The van der Waals surface area contributed by atoms with Crippen LogP contribution in [0.15, 0.2) is 35.3 Å². The van der Waals surface area contributed by atoms with Gasteiger partial charge in [0.25, 0.3) is 5.91 Å². The van der Waals surface area contributed by atoms with E-state index in [1.54, 1.807) is 0 Å². The Kier molecular flexibility index (Phi) is 2.88. The Balaban J connectivity index is 2.49. The van der Waals surface area contributed by atoms with Gasteiger partial charge in [-0.1, -0.05) is 44.2 Å². The van der Waals surface area contributed by atoms with Gasteiger partial charge in [-0.15, -0.1) is 0 Å². The number of nitrogens with one attached hydrogen (secondary N) is 1. The first kappa shape index (κ1) is 11.6. The summed E-state index contributed by atoms with van der Waals surface area (Å²) in [6, 6.07) is 9.59. The minimum absolute atomic E-state index is 0.130. The van der Waals surface area contributed by atoms with Crippen molar-refractivity contribution in [3.8, 4) is 0 Å². The fraction of sp³-hybridized carbons (Fsp3) is 0.385. The van der Waals surface area contributed by atoms with Gasteiger partial charge in [-0.05, 0) is 17.9 Å². The number of aliphatic imine (C=N–C) groups is 1. The molecule has 17 heavy (non-hydrogen) atoms. The van der Waals surface area contributed by atoms with Crippen molar-refractivity contribution in [2.24, 2.45) is 16.6 Å². The predicted molar refractivity (Wildman–Crippen MR) is 67.3 cm³/mol. The third-order valence-electron chi connectivity index (χ3n) is 2.88. The summed E-state index contributed by atoms with van der Waals surface area (Å²) in [6.07, 6.45) is 0.656. The second kappa shape index (κ2) is 4.20. The van der Waals surface area contributed by atoms with Gasteiger partial charge in [0.05, 0.1) is 0 Å². The average molecular weight is 231 g/mol. The molecular weight excluding hydrogens is 214 g/mol. The quantitative estimate of drug-likeness (QED) is 0.825. The number of guanidine groups is 1. The molecule has 1 aliphatic rings. The molecule has 1 aromatic rings. The zero-order valence-corrected chi connectivity index (χ0v) is 10.1. The largest absolute Gasteiger partial charge is 0.370 e. The minimum atomic E-state index is -0.848. The van der Waals surface area contributed by atoms with Gasteiger partial charge in [0, 0.05) is 0 Å². The fourth-order valence-electron chi connectivity index (χ4n) is 2.26. The number of hydrogen-bond donors (Lipinski definition) is 2. The van der Waals surface area contributed by atoms with E-state index in [2.05, 4.69) is 24.2 Å². The van der Waals surface area contributed by atoms with Crippen molar-refractivity contribution in [1.82, 2.24) is 5.32 Å². The summed E-state index contributed by atoms with van der Waals surface area (Å²) in [4.78, 5) is 16.5. The average Bonchev–Trinajstić information content (AvgIpc) is 2.55. The number of carbonyl (C=O) groups excluding carboxylic acids is 1. The highest BCUT2D eigenvalue weighted by atomic mass is 16.2. The number of hydrogen-bond acceptors (Lipinski definition) is 3. The van der Waals surface area contributed by atoms with Crippen molar-refractivity contribution in [2.45, 2.75) is 25.8 Å². The normalized spacial score (nSPS) is 23.7. The van der Waals surface area contributed by atoms with Crippen molar-refractivity contribution >= 4 is 11.9 Å². The summed E-state index contributed by atoms with van der Waals surface area (Å²) in [5.74, 6) is 0.435.